The van der Waals surface area contributed by atoms with Crippen molar-refractivity contribution in [3.63, 3.8) is 0 Å². The Labute approximate surface area is 61.9 Å². The first-order chi connectivity index (χ1) is 4.70. The highest BCUT2D eigenvalue weighted by Crippen LogP contribution is 2.09. The molecule has 1 nitrogen and oxygen atoms in total. The van der Waals surface area contributed by atoms with E-state index in [2.05, 4.69) is 6.92 Å². The fourth-order valence-corrected chi connectivity index (χ4v) is 0.821. The highest BCUT2D eigenvalue weighted by atomic mass is 14.6. The summed E-state index contributed by atoms with van der Waals surface area (Å²) in [6.07, 6.45) is 0. The topological polar surface area (TPSA) is 26.0 Å². The highest BCUT2D eigenvalue weighted by Gasteiger charge is 1.95. The first-order valence-electron chi connectivity index (χ1n) is 3.37. The monoisotopic (exact) mass is 134 g/mol. The Balaban J connectivity index is 2.89. The smallest absolute Gasteiger partial charge is 0.0266 e. The molecule has 1 radical (unpaired) electrons. The molecule has 2 N–H and O–H groups in total. The van der Waals surface area contributed by atoms with Gasteiger partial charge in [-0.2, -0.15) is 0 Å². The van der Waals surface area contributed by atoms with Crippen LogP contribution in [0.1, 0.15) is 24.1 Å². The minimum absolute atomic E-state index is 0.126. The van der Waals surface area contributed by atoms with Crippen LogP contribution >= 0.6 is 0 Å². The molecule has 1 atom stereocenters. The molecule has 1 aromatic carbocycles. The Morgan fingerprint density at radius 1 is 1.30 bits per heavy atom. The van der Waals surface area contributed by atoms with Crippen molar-refractivity contribution in [2.45, 2.75) is 13.0 Å². The molecule has 1 unspecified atom stereocenters. The first kappa shape index (κ1) is 7.29. The van der Waals surface area contributed by atoms with Gasteiger partial charge < -0.3 is 5.73 Å². The van der Waals surface area contributed by atoms with E-state index in [9.17, 15) is 0 Å². The van der Waals surface area contributed by atoms with Gasteiger partial charge in [-0.25, -0.2) is 0 Å². The van der Waals surface area contributed by atoms with Gasteiger partial charge in [0.15, 0.2) is 0 Å². The highest BCUT2D eigenvalue weighted by molar-refractivity contribution is 5.25. The lowest BCUT2D eigenvalue weighted by Crippen LogP contribution is -2.04. The molecule has 10 heavy (non-hydrogen) atoms. The number of hydrogen-bond donors (Lipinski definition) is 1. The number of benzene rings is 1. The van der Waals surface area contributed by atoms with Gasteiger partial charge in [0.2, 0.25) is 0 Å². The molecule has 0 bridgehead atoms. The lowest BCUT2D eigenvalue weighted by atomic mass is 10.1. The third-order valence-electron chi connectivity index (χ3n) is 1.51. The van der Waals surface area contributed by atoms with Gasteiger partial charge in [0.1, 0.15) is 0 Å². The molecule has 1 heteroatoms. The second-order valence-corrected chi connectivity index (χ2v) is 2.53. The lowest BCUT2D eigenvalue weighted by Gasteiger charge is -2.03. The van der Waals surface area contributed by atoms with Crippen molar-refractivity contribution in [1.82, 2.24) is 0 Å². The molecule has 1 rings (SSSR count). The van der Waals surface area contributed by atoms with Crippen LogP contribution < -0.4 is 5.73 Å². The van der Waals surface area contributed by atoms with Gasteiger partial charge in [0.05, 0.1) is 0 Å². The third kappa shape index (κ3) is 1.58. The van der Waals surface area contributed by atoms with Gasteiger partial charge in [-0.3, -0.25) is 0 Å². The van der Waals surface area contributed by atoms with Gasteiger partial charge in [-0.1, -0.05) is 24.3 Å². The van der Waals surface area contributed by atoms with Gasteiger partial charge >= 0.3 is 0 Å². The SMILES string of the molecule is [CH2]c1ccc(C(C)N)cc1. The average molecular weight is 134 g/mol. The summed E-state index contributed by atoms with van der Waals surface area (Å²) in [7, 11) is 0. The van der Waals surface area contributed by atoms with Crippen LogP contribution in [0.15, 0.2) is 24.3 Å². The van der Waals surface area contributed by atoms with E-state index in [1.54, 1.807) is 0 Å². The summed E-state index contributed by atoms with van der Waals surface area (Å²) in [4.78, 5) is 0. The number of rotatable bonds is 1. The standard InChI is InChI=1S/C9H12N/c1-7-3-5-9(6-4-7)8(2)10/h3-6,8H,1,10H2,2H3. The average Bonchev–Trinajstić information content (AvgIpc) is 1.88. The molecule has 0 aliphatic carbocycles. The van der Waals surface area contributed by atoms with Crippen molar-refractivity contribution in [2.24, 2.45) is 5.73 Å². The summed E-state index contributed by atoms with van der Waals surface area (Å²) in [6, 6.07) is 8.08. The van der Waals surface area contributed by atoms with Crippen LogP contribution in [0.25, 0.3) is 0 Å². The molecule has 0 fully saturated rings. The maximum absolute atomic E-state index is 5.64. The van der Waals surface area contributed by atoms with Crippen LogP contribution in [-0.2, 0) is 0 Å². The van der Waals surface area contributed by atoms with E-state index in [0.717, 1.165) is 11.1 Å². The van der Waals surface area contributed by atoms with Crippen LogP contribution in [0.5, 0.6) is 0 Å². The predicted molar refractivity (Wildman–Crippen MR) is 43.5 cm³/mol. The molecule has 0 aliphatic rings. The zero-order valence-corrected chi connectivity index (χ0v) is 6.17. The lowest BCUT2D eigenvalue weighted by molar-refractivity contribution is 0.818. The Morgan fingerprint density at radius 3 is 2.20 bits per heavy atom. The first-order valence-corrected chi connectivity index (χ1v) is 3.37. The molecule has 0 amide bonds. The third-order valence-corrected chi connectivity index (χ3v) is 1.51. The maximum atomic E-state index is 5.64. The predicted octanol–water partition coefficient (Wildman–Crippen LogP) is 1.89. The van der Waals surface area contributed by atoms with E-state index in [1.165, 1.54) is 0 Å². The van der Waals surface area contributed by atoms with Crippen molar-refractivity contribution < 1.29 is 0 Å². The van der Waals surface area contributed by atoms with Crippen LogP contribution in [0, 0.1) is 6.92 Å². The van der Waals surface area contributed by atoms with E-state index in [-0.39, 0.29) is 6.04 Å². The summed E-state index contributed by atoms with van der Waals surface area (Å²) in [5.74, 6) is 0. The zero-order valence-electron chi connectivity index (χ0n) is 6.17. The summed E-state index contributed by atoms with van der Waals surface area (Å²) in [5.41, 5.74) is 7.83. The van der Waals surface area contributed by atoms with Crippen molar-refractivity contribution in [2.75, 3.05) is 0 Å². The molecule has 0 saturated carbocycles. The quantitative estimate of drug-likeness (QED) is 0.623. The minimum atomic E-state index is 0.126. The molecule has 0 aliphatic heterocycles. The van der Waals surface area contributed by atoms with E-state index in [0.29, 0.717) is 0 Å². The molecule has 0 heterocycles. The second kappa shape index (κ2) is 2.84. The van der Waals surface area contributed by atoms with Crippen LogP contribution in [-0.4, -0.2) is 0 Å². The van der Waals surface area contributed by atoms with Crippen LogP contribution in [0.3, 0.4) is 0 Å². The fourth-order valence-electron chi connectivity index (χ4n) is 0.821. The Morgan fingerprint density at radius 2 is 1.80 bits per heavy atom. The molecule has 53 valence electrons. The van der Waals surface area contributed by atoms with Crippen molar-refractivity contribution >= 4 is 0 Å². The molecular formula is C9H12N. The van der Waals surface area contributed by atoms with Gasteiger partial charge in [0, 0.05) is 6.04 Å². The fraction of sp³-hybridized carbons (Fsp3) is 0.222. The Hall–Kier alpha value is -0.820. The van der Waals surface area contributed by atoms with E-state index in [1.807, 2.05) is 31.2 Å². The van der Waals surface area contributed by atoms with Crippen LogP contribution in [0.4, 0.5) is 0 Å². The second-order valence-electron chi connectivity index (χ2n) is 2.53. The van der Waals surface area contributed by atoms with Gasteiger partial charge in [-0.05, 0) is 25.0 Å². The summed E-state index contributed by atoms with van der Waals surface area (Å²) in [6.45, 7) is 5.75. The molecule has 0 saturated heterocycles. The van der Waals surface area contributed by atoms with E-state index in [4.69, 9.17) is 5.73 Å². The summed E-state index contributed by atoms with van der Waals surface area (Å²) >= 11 is 0. The molecule has 1 aromatic rings. The number of nitrogens with two attached hydrogens (primary N) is 1. The number of hydrogen-bond acceptors (Lipinski definition) is 1. The van der Waals surface area contributed by atoms with Crippen LogP contribution in [0.2, 0.25) is 0 Å². The molecular weight excluding hydrogens is 122 g/mol. The maximum Gasteiger partial charge on any atom is 0.0266 e. The normalized spacial score (nSPS) is 13.1. The Kier molecular flexibility index (Phi) is 2.07. The van der Waals surface area contributed by atoms with Crippen molar-refractivity contribution in [1.29, 1.82) is 0 Å². The van der Waals surface area contributed by atoms with E-state index < -0.39 is 0 Å². The van der Waals surface area contributed by atoms with E-state index >= 15 is 0 Å². The van der Waals surface area contributed by atoms with Crippen molar-refractivity contribution in [3.8, 4) is 0 Å². The molecule has 0 aromatic heterocycles. The van der Waals surface area contributed by atoms with Gasteiger partial charge in [-0.15, -0.1) is 0 Å². The largest absolute Gasteiger partial charge is 0.324 e. The zero-order chi connectivity index (χ0) is 7.56. The molecule has 0 spiro atoms. The Bertz CT molecular complexity index is 198. The summed E-state index contributed by atoms with van der Waals surface area (Å²) in [5, 5.41) is 0. The minimum Gasteiger partial charge on any atom is -0.324 e. The van der Waals surface area contributed by atoms with Crippen molar-refractivity contribution in [3.05, 3.63) is 42.3 Å². The van der Waals surface area contributed by atoms with Gasteiger partial charge in [0.25, 0.3) is 0 Å². The summed E-state index contributed by atoms with van der Waals surface area (Å²) < 4.78 is 0.